The number of H-pyrrole nitrogens is 1. The van der Waals surface area contributed by atoms with Gasteiger partial charge in [-0.15, -0.1) is 11.8 Å². The van der Waals surface area contributed by atoms with E-state index in [4.69, 9.17) is 23.7 Å². The number of aromatic amines is 1. The predicted octanol–water partition coefficient (Wildman–Crippen LogP) is 4.41. The molecule has 1 aromatic heterocycles. The number of para-hydroxylation sites is 1. The molecule has 3 aromatic carbocycles. The summed E-state index contributed by atoms with van der Waals surface area (Å²) in [6.07, 6.45) is 1.22. The summed E-state index contributed by atoms with van der Waals surface area (Å²) >= 11 is 1.54. The van der Waals surface area contributed by atoms with Gasteiger partial charge in [-0.25, -0.2) is 4.79 Å². The predicted molar refractivity (Wildman–Crippen MR) is 197 cm³/mol. The summed E-state index contributed by atoms with van der Waals surface area (Å²) in [4.78, 5) is 33.4. The van der Waals surface area contributed by atoms with Crippen LogP contribution in [0.1, 0.15) is 68.9 Å². The van der Waals surface area contributed by atoms with E-state index in [9.17, 15) is 20.0 Å². The molecule has 7 aliphatic heterocycles. The number of hydrogen-bond donors (Lipinski definition) is 4. The topological polar surface area (TPSA) is 167 Å². The lowest BCUT2D eigenvalue weighted by Gasteiger charge is -2.59. The fourth-order valence-electron chi connectivity index (χ4n) is 10.2. The van der Waals surface area contributed by atoms with Crippen molar-refractivity contribution in [3.8, 4) is 34.8 Å². The van der Waals surface area contributed by atoms with Crippen LogP contribution in [0.25, 0.3) is 10.9 Å². The number of thioether (sulfide) groups is 1. The number of nitrogens with one attached hydrogen (secondary N) is 3. The zero-order chi connectivity index (χ0) is 37.2. The number of carbonyl (C=O) groups is 2. The number of rotatable bonds is 2. The molecule has 7 atom stereocenters. The van der Waals surface area contributed by atoms with Gasteiger partial charge in [0.05, 0.1) is 36.2 Å². The van der Waals surface area contributed by atoms with E-state index < -0.39 is 46.9 Å². The van der Waals surface area contributed by atoms with Gasteiger partial charge in [0.25, 0.3) is 0 Å². The second-order valence-corrected chi connectivity index (χ2v) is 16.1. The van der Waals surface area contributed by atoms with Crippen LogP contribution >= 0.6 is 11.8 Å². The van der Waals surface area contributed by atoms with Crippen LogP contribution in [-0.4, -0.2) is 77.9 Å². The molecule has 0 aliphatic carbocycles. The molecular formula is C40H39N5O8S. The van der Waals surface area contributed by atoms with Crippen molar-refractivity contribution in [2.75, 3.05) is 32.8 Å². The van der Waals surface area contributed by atoms with Crippen molar-refractivity contribution >= 4 is 34.6 Å². The van der Waals surface area contributed by atoms with Crippen LogP contribution in [0.15, 0.2) is 30.3 Å². The van der Waals surface area contributed by atoms with Gasteiger partial charge in [-0.3, -0.25) is 15.0 Å². The Labute approximate surface area is 315 Å². The molecule has 0 radical (unpaired) electrons. The molecule has 0 amide bonds. The van der Waals surface area contributed by atoms with E-state index in [0.29, 0.717) is 52.7 Å². The van der Waals surface area contributed by atoms with Gasteiger partial charge in [-0.2, -0.15) is 5.26 Å². The van der Waals surface area contributed by atoms with Crippen molar-refractivity contribution in [1.29, 1.82) is 5.26 Å². The number of fused-ring (bicyclic) bond motifs is 11. The first-order chi connectivity index (χ1) is 26.2. The summed E-state index contributed by atoms with van der Waals surface area (Å²) in [6, 6.07) is 10.1. The summed E-state index contributed by atoms with van der Waals surface area (Å²) in [6.45, 7) is 5.53. The molecule has 4 aromatic rings. The van der Waals surface area contributed by atoms with E-state index in [-0.39, 0.29) is 30.9 Å². The number of nitriles is 1. The highest BCUT2D eigenvalue weighted by atomic mass is 32.2. The molecule has 278 valence electrons. The van der Waals surface area contributed by atoms with Crippen LogP contribution in [-0.2, 0) is 32.7 Å². The lowest BCUT2D eigenvalue weighted by Crippen LogP contribution is -2.69. The Bertz CT molecular complexity index is 2350. The fraction of sp³-hybridized carbons (Fsp3) is 0.425. The zero-order valence-electron chi connectivity index (χ0n) is 30.2. The number of phenols is 1. The van der Waals surface area contributed by atoms with Crippen molar-refractivity contribution in [2.45, 2.75) is 74.6 Å². The normalized spacial score (nSPS) is 29.1. The molecule has 4 N–H and O–H groups in total. The number of methoxy groups -OCH3 is 1. The molecule has 4 bridgehead atoms. The summed E-state index contributed by atoms with van der Waals surface area (Å²) in [7, 11) is 1.55. The van der Waals surface area contributed by atoms with Gasteiger partial charge < -0.3 is 39.1 Å². The maximum atomic E-state index is 14.8. The smallest absolute Gasteiger partial charge is 0.333 e. The minimum absolute atomic E-state index is 0.0368. The Morgan fingerprint density at radius 3 is 2.74 bits per heavy atom. The first kappa shape index (κ1) is 33.6. The third-order valence-corrected chi connectivity index (χ3v) is 13.8. The number of nitrogens with zero attached hydrogens (tertiary/aromatic N) is 2. The number of hydrogen-bond acceptors (Lipinski definition) is 13. The average Bonchev–Trinajstić information content (AvgIpc) is 3.80. The third kappa shape index (κ3) is 4.43. The molecule has 54 heavy (non-hydrogen) atoms. The molecule has 0 saturated carbocycles. The monoisotopic (exact) mass is 749 g/mol. The fourth-order valence-corrected chi connectivity index (χ4v) is 11.9. The SMILES string of the molecule is COc1c(C)cc2c(c1O)[C@H]1N[C@@H](C2)[C@H](C#N)N2C1[C@@H]1SC[C@]3(NCCc4c3[nH]c3ccccc43)C(=O)OC[C@@H]2c2c3c(c(C)c(OC(C)=O)c21)OCO3. The Balaban J connectivity index is 1.24. The highest BCUT2D eigenvalue weighted by molar-refractivity contribution is 7.99. The third-order valence-electron chi connectivity index (χ3n) is 12.3. The Kier molecular flexibility index (Phi) is 7.49. The number of carbonyl (C=O) groups excluding carboxylic acids is 2. The van der Waals surface area contributed by atoms with Gasteiger partial charge in [-0.1, -0.05) is 24.3 Å². The molecule has 1 spiro atoms. The van der Waals surface area contributed by atoms with Gasteiger partial charge in [-0.05, 0) is 49.4 Å². The van der Waals surface area contributed by atoms with Crippen molar-refractivity contribution in [2.24, 2.45) is 0 Å². The average molecular weight is 750 g/mol. The molecule has 7 aliphatic rings. The number of aryl methyl sites for hydroxylation is 1. The molecule has 13 nitrogen and oxygen atoms in total. The summed E-state index contributed by atoms with van der Waals surface area (Å²) in [5, 5.41) is 30.9. The minimum atomic E-state index is -1.24. The second-order valence-electron chi connectivity index (χ2n) is 15.0. The highest BCUT2D eigenvalue weighted by Gasteiger charge is 2.60. The van der Waals surface area contributed by atoms with Crippen LogP contribution in [0.2, 0.25) is 0 Å². The molecule has 2 fully saturated rings. The highest BCUT2D eigenvalue weighted by Crippen LogP contribution is 2.63. The van der Waals surface area contributed by atoms with E-state index in [0.717, 1.165) is 45.3 Å². The van der Waals surface area contributed by atoms with E-state index in [1.165, 1.54) is 18.7 Å². The Morgan fingerprint density at radius 2 is 1.94 bits per heavy atom. The summed E-state index contributed by atoms with van der Waals surface area (Å²) in [5.74, 6) is 1.10. The van der Waals surface area contributed by atoms with E-state index in [1.54, 1.807) is 7.11 Å². The maximum absolute atomic E-state index is 14.8. The molecule has 11 rings (SSSR count). The first-order valence-corrected chi connectivity index (χ1v) is 19.3. The van der Waals surface area contributed by atoms with Gasteiger partial charge in [0.15, 0.2) is 28.5 Å². The quantitative estimate of drug-likeness (QED) is 0.168. The van der Waals surface area contributed by atoms with Gasteiger partial charge in [0.1, 0.15) is 18.4 Å². The van der Waals surface area contributed by atoms with Gasteiger partial charge in [0, 0.05) is 64.5 Å². The van der Waals surface area contributed by atoms with E-state index in [1.807, 2.05) is 38.1 Å². The summed E-state index contributed by atoms with van der Waals surface area (Å²) < 4.78 is 30.6. The Hall–Kier alpha value is -4.94. The number of aromatic hydroxyl groups is 1. The number of aromatic nitrogens is 1. The molecule has 8 heterocycles. The van der Waals surface area contributed by atoms with Crippen LogP contribution < -0.4 is 29.6 Å². The van der Waals surface area contributed by atoms with Crippen molar-refractivity contribution in [3.63, 3.8) is 0 Å². The van der Waals surface area contributed by atoms with E-state index in [2.05, 4.69) is 32.7 Å². The van der Waals surface area contributed by atoms with Crippen LogP contribution in [0.4, 0.5) is 0 Å². The van der Waals surface area contributed by atoms with E-state index >= 15 is 0 Å². The maximum Gasteiger partial charge on any atom is 0.333 e. The van der Waals surface area contributed by atoms with Crippen LogP contribution in [0, 0.1) is 25.2 Å². The van der Waals surface area contributed by atoms with Gasteiger partial charge >= 0.3 is 11.9 Å². The standard InChI is InChI=1S/C40H39N5O8S/c1-17-11-20-12-24-25(13-41)45-26-14-50-39(48)40(38-22(9-10-42-40)21-7-5-6-8-23(21)44-38)15-54-37(31(45)30(43-24)27(20)32(47)33(17)49-4)29-28(26)36-35(51-16-52-36)18(2)34(29)53-19(3)46/h5-8,11,24-26,30-31,37,42-44,47H,9-10,12,14-16H2,1-4H3/t24-,25-,26+,30+,31?,37+,40+/m0/s1. The number of piperazine rings is 1. The van der Waals surface area contributed by atoms with Crippen molar-refractivity contribution in [3.05, 3.63) is 75.0 Å². The lowest BCUT2D eigenvalue weighted by atomic mass is 9.72. The summed E-state index contributed by atoms with van der Waals surface area (Å²) in [5.41, 5.74) is 6.04. The number of phenolic OH excluding ortho intramolecular Hbond substituents is 1. The number of esters is 2. The van der Waals surface area contributed by atoms with Gasteiger partial charge in [0.2, 0.25) is 6.79 Å². The molecule has 14 heteroatoms. The molecule has 1 unspecified atom stereocenters. The lowest BCUT2D eigenvalue weighted by molar-refractivity contribution is -0.155. The Morgan fingerprint density at radius 1 is 1.13 bits per heavy atom. The minimum Gasteiger partial charge on any atom is -0.504 e. The molecule has 2 saturated heterocycles. The second kappa shape index (κ2) is 12.0. The molecular weight excluding hydrogens is 711 g/mol. The number of benzene rings is 3. The number of ether oxygens (including phenoxy) is 5. The first-order valence-electron chi connectivity index (χ1n) is 18.3. The largest absolute Gasteiger partial charge is 0.504 e. The zero-order valence-corrected chi connectivity index (χ0v) is 31.0. The van der Waals surface area contributed by atoms with Crippen molar-refractivity contribution in [1.82, 2.24) is 20.5 Å². The van der Waals surface area contributed by atoms with Crippen LogP contribution in [0.5, 0.6) is 28.7 Å². The van der Waals surface area contributed by atoms with Crippen molar-refractivity contribution < 1.29 is 38.4 Å². The van der Waals surface area contributed by atoms with Crippen LogP contribution in [0.3, 0.4) is 0 Å².